The summed E-state index contributed by atoms with van der Waals surface area (Å²) in [6, 6.07) is 13.7. The van der Waals surface area contributed by atoms with Crippen molar-refractivity contribution in [2.24, 2.45) is 5.41 Å². The molecule has 0 saturated carbocycles. The van der Waals surface area contributed by atoms with E-state index in [2.05, 4.69) is 9.97 Å². The van der Waals surface area contributed by atoms with E-state index in [1.807, 2.05) is 62.5 Å². The van der Waals surface area contributed by atoms with E-state index in [1.165, 1.54) is 0 Å². The Labute approximate surface area is 152 Å². The van der Waals surface area contributed by atoms with E-state index in [9.17, 15) is 9.90 Å². The second kappa shape index (κ2) is 6.13. The van der Waals surface area contributed by atoms with Crippen molar-refractivity contribution in [3.63, 3.8) is 0 Å². The Kier molecular flexibility index (Phi) is 3.91. The molecule has 2 aromatic heterocycles. The van der Waals surface area contributed by atoms with Crippen molar-refractivity contribution in [1.82, 2.24) is 9.97 Å². The quantitative estimate of drug-likeness (QED) is 0.709. The number of carbonyl (C=O) groups is 1. The summed E-state index contributed by atoms with van der Waals surface area (Å²) in [5.74, 6) is -0.192. The van der Waals surface area contributed by atoms with E-state index in [4.69, 9.17) is 0 Å². The van der Waals surface area contributed by atoms with Crippen LogP contribution in [-0.2, 0) is 4.79 Å². The van der Waals surface area contributed by atoms with E-state index in [-0.39, 0.29) is 22.9 Å². The lowest BCUT2D eigenvalue weighted by Crippen LogP contribution is -2.29. The zero-order valence-corrected chi connectivity index (χ0v) is 15.0. The smallest absolute Gasteiger partial charge is 0.163 e. The van der Waals surface area contributed by atoms with Crippen LogP contribution in [0.3, 0.4) is 0 Å². The van der Waals surface area contributed by atoms with Gasteiger partial charge in [-0.2, -0.15) is 0 Å². The van der Waals surface area contributed by atoms with Gasteiger partial charge in [0, 0.05) is 41.7 Å². The maximum Gasteiger partial charge on any atom is 0.163 e. The Morgan fingerprint density at radius 1 is 1.12 bits per heavy atom. The molecule has 1 aromatic carbocycles. The van der Waals surface area contributed by atoms with E-state index in [0.717, 1.165) is 22.2 Å². The molecule has 132 valence electrons. The van der Waals surface area contributed by atoms with Crippen LogP contribution < -0.4 is 0 Å². The Morgan fingerprint density at radius 3 is 2.62 bits per heavy atom. The van der Waals surface area contributed by atoms with Crippen molar-refractivity contribution < 1.29 is 9.90 Å². The molecule has 4 heteroatoms. The van der Waals surface area contributed by atoms with Gasteiger partial charge in [0.05, 0.1) is 11.6 Å². The highest BCUT2D eigenvalue weighted by Crippen LogP contribution is 2.44. The number of para-hydroxylation sites is 1. The topological polar surface area (TPSA) is 66.0 Å². The molecule has 2 heterocycles. The number of aromatic amines is 1. The highest BCUT2D eigenvalue weighted by molar-refractivity contribution is 6.00. The van der Waals surface area contributed by atoms with Gasteiger partial charge in [0.25, 0.3) is 0 Å². The van der Waals surface area contributed by atoms with Crippen molar-refractivity contribution in [2.75, 3.05) is 0 Å². The van der Waals surface area contributed by atoms with Crippen LogP contribution in [0.2, 0.25) is 0 Å². The predicted octanol–water partition coefficient (Wildman–Crippen LogP) is 4.90. The van der Waals surface area contributed by atoms with Crippen molar-refractivity contribution >= 4 is 16.7 Å². The minimum atomic E-state index is -0.379. The number of Topliss-reactive ketones (excluding diaryl/α,β-unsaturated/α-hetero) is 1. The molecule has 1 aliphatic carbocycles. The number of carbonyl (C=O) groups excluding carboxylic acids is 1. The lowest BCUT2D eigenvalue weighted by Gasteiger charge is -2.32. The molecule has 0 radical (unpaired) electrons. The van der Waals surface area contributed by atoms with Crippen LogP contribution in [0.15, 0.2) is 66.2 Å². The summed E-state index contributed by atoms with van der Waals surface area (Å²) in [7, 11) is 0. The zero-order chi connectivity index (χ0) is 18.3. The number of H-pyrrole nitrogens is 1. The number of ketones is 1. The minimum Gasteiger partial charge on any atom is -0.512 e. The van der Waals surface area contributed by atoms with Crippen molar-refractivity contribution in [3.05, 3.63) is 77.4 Å². The van der Waals surface area contributed by atoms with Crippen LogP contribution in [0.4, 0.5) is 0 Å². The fourth-order valence-electron chi connectivity index (χ4n) is 3.97. The number of aliphatic hydroxyl groups is 1. The van der Waals surface area contributed by atoms with Crippen LogP contribution in [0, 0.1) is 5.41 Å². The largest absolute Gasteiger partial charge is 0.512 e. The monoisotopic (exact) mass is 346 g/mol. The standard InChI is InChI=1S/C22H22N2O2/c1-22(2)11-18(25)21(19(26)12-22)20(17-9-5-6-10-23-17)15-13-24-16-8-4-3-7-14(15)16/h3-10,13,20,24-25H,11-12H2,1-2H3/t20-/m0/s1. The lowest BCUT2D eigenvalue weighted by molar-refractivity contribution is -0.118. The van der Waals surface area contributed by atoms with Crippen LogP contribution >= 0.6 is 0 Å². The first-order valence-corrected chi connectivity index (χ1v) is 8.88. The number of nitrogens with one attached hydrogen (secondary N) is 1. The van der Waals surface area contributed by atoms with E-state index in [0.29, 0.717) is 18.4 Å². The Hall–Kier alpha value is -2.88. The van der Waals surface area contributed by atoms with E-state index < -0.39 is 0 Å². The van der Waals surface area contributed by atoms with Crippen molar-refractivity contribution in [3.8, 4) is 0 Å². The number of pyridine rings is 1. The third-order valence-corrected chi connectivity index (χ3v) is 5.10. The summed E-state index contributed by atoms with van der Waals surface area (Å²) < 4.78 is 0. The number of rotatable bonds is 3. The first-order chi connectivity index (χ1) is 12.5. The molecule has 0 fully saturated rings. The molecule has 0 spiro atoms. The van der Waals surface area contributed by atoms with Gasteiger partial charge in [-0.05, 0) is 29.2 Å². The molecule has 1 aliphatic rings. The van der Waals surface area contributed by atoms with Crippen LogP contribution in [0.5, 0.6) is 0 Å². The molecule has 0 aliphatic heterocycles. The van der Waals surface area contributed by atoms with Gasteiger partial charge in [-0.25, -0.2) is 0 Å². The summed E-state index contributed by atoms with van der Waals surface area (Å²) in [5.41, 5.74) is 3.00. The highest BCUT2D eigenvalue weighted by Gasteiger charge is 2.38. The summed E-state index contributed by atoms with van der Waals surface area (Å²) in [6.45, 7) is 4.03. The number of nitrogens with zero attached hydrogens (tertiary/aromatic N) is 1. The summed E-state index contributed by atoms with van der Waals surface area (Å²) in [4.78, 5) is 20.8. The summed E-state index contributed by atoms with van der Waals surface area (Å²) in [6.07, 6.45) is 4.58. The van der Waals surface area contributed by atoms with Gasteiger partial charge >= 0.3 is 0 Å². The zero-order valence-electron chi connectivity index (χ0n) is 15.0. The number of hydrogen-bond donors (Lipinski definition) is 2. The van der Waals surface area contributed by atoms with Crippen LogP contribution in [-0.4, -0.2) is 20.9 Å². The van der Waals surface area contributed by atoms with Gasteiger partial charge < -0.3 is 10.1 Å². The van der Waals surface area contributed by atoms with Crippen LogP contribution in [0.1, 0.15) is 43.9 Å². The molecule has 0 saturated heterocycles. The predicted molar refractivity (Wildman–Crippen MR) is 102 cm³/mol. The molecule has 0 amide bonds. The van der Waals surface area contributed by atoms with Gasteiger partial charge in [0.15, 0.2) is 5.78 Å². The first kappa shape index (κ1) is 16.6. The molecular formula is C22H22N2O2. The van der Waals surface area contributed by atoms with Crippen molar-refractivity contribution in [2.45, 2.75) is 32.6 Å². The second-order valence-electron chi connectivity index (χ2n) is 7.78. The molecule has 4 nitrogen and oxygen atoms in total. The third-order valence-electron chi connectivity index (χ3n) is 5.10. The van der Waals surface area contributed by atoms with E-state index in [1.54, 1.807) is 6.20 Å². The summed E-state index contributed by atoms with van der Waals surface area (Å²) in [5, 5.41) is 11.8. The molecule has 0 unspecified atom stereocenters. The van der Waals surface area contributed by atoms with Gasteiger partial charge in [-0.1, -0.05) is 38.1 Å². The number of aliphatic hydroxyl groups excluding tert-OH is 1. The summed E-state index contributed by atoms with van der Waals surface area (Å²) >= 11 is 0. The second-order valence-corrected chi connectivity index (χ2v) is 7.78. The molecular weight excluding hydrogens is 324 g/mol. The fraction of sp³-hybridized carbons (Fsp3) is 0.273. The van der Waals surface area contributed by atoms with Crippen molar-refractivity contribution in [1.29, 1.82) is 0 Å². The van der Waals surface area contributed by atoms with Gasteiger partial charge in [-0.3, -0.25) is 9.78 Å². The average molecular weight is 346 g/mol. The highest BCUT2D eigenvalue weighted by atomic mass is 16.3. The fourth-order valence-corrected chi connectivity index (χ4v) is 3.97. The molecule has 3 aromatic rings. The first-order valence-electron chi connectivity index (χ1n) is 8.88. The molecule has 1 atom stereocenters. The average Bonchev–Trinajstić information content (AvgIpc) is 3.02. The lowest BCUT2D eigenvalue weighted by atomic mass is 9.72. The van der Waals surface area contributed by atoms with Gasteiger partial charge in [-0.15, -0.1) is 0 Å². The minimum absolute atomic E-state index is 0.000292. The number of aromatic nitrogens is 2. The SMILES string of the molecule is CC1(C)CC(=O)C([C@H](c2ccccn2)c2c[nH]c3ccccc23)=C(O)C1. The molecule has 2 N–H and O–H groups in total. The number of benzene rings is 1. The van der Waals surface area contributed by atoms with Crippen LogP contribution in [0.25, 0.3) is 10.9 Å². The number of fused-ring (bicyclic) bond motifs is 1. The molecule has 26 heavy (non-hydrogen) atoms. The molecule has 0 bridgehead atoms. The number of allylic oxidation sites excluding steroid dienone is 2. The Balaban J connectivity index is 1.95. The Morgan fingerprint density at radius 2 is 1.88 bits per heavy atom. The maximum absolute atomic E-state index is 13.0. The van der Waals surface area contributed by atoms with Gasteiger partial charge in [0.1, 0.15) is 5.76 Å². The third kappa shape index (κ3) is 2.81. The maximum atomic E-state index is 13.0. The Bertz CT molecular complexity index is 999. The van der Waals surface area contributed by atoms with Gasteiger partial charge in [0.2, 0.25) is 0 Å². The normalized spacial score (nSPS) is 18.3. The number of hydrogen-bond acceptors (Lipinski definition) is 3. The molecule has 4 rings (SSSR count). The van der Waals surface area contributed by atoms with E-state index >= 15 is 0 Å².